The maximum Gasteiger partial charge on any atom is 0.251 e. The first kappa shape index (κ1) is 17.4. The van der Waals surface area contributed by atoms with Crippen molar-refractivity contribution in [3.8, 4) is 5.88 Å². The molecule has 3 N–H and O–H groups in total. The van der Waals surface area contributed by atoms with E-state index in [0.717, 1.165) is 5.56 Å². The molecule has 0 bridgehead atoms. The maximum absolute atomic E-state index is 12.2. The molecular weight excluding hydrogens is 336 g/mol. The van der Waals surface area contributed by atoms with Crippen molar-refractivity contribution in [1.29, 1.82) is 0 Å². The van der Waals surface area contributed by atoms with E-state index in [4.69, 9.17) is 10.5 Å². The lowest BCUT2D eigenvalue weighted by atomic mass is 10.1. The molecule has 1 aromatic carbocycles. The zero-order valence-electron chi connectivity index (χ0n) is 13.9. The van der Waals surface area contributed by atoms with Gasteiger partial charge in [0.25, 0.3) is 5.91 Å². The quantitative estimate of drug-likeness (QED) is 0.574. The SMILES string of the molecule is NCc1cc(OCc2cccc(C(=O)NCCn3cnnn3)c2)ncn1. The molecule has 0 radical (unpaired) electrons. The van der Waals surface area contributed by atoms with Gasteiger partial charge in [0, 0.05) is 24.7 Å². The maximum atomic E-state index is 12.2. The summed E-state index contributed by atoms with van der Waals surface area (Å²) in [5.41, 5.74) is 7.65. The van der Waals surface area contributed by atoms with Crippen LogP contribution in [0.3, 0.4) is 0 Å². The van der Waals surface area contributed by atoms with Crippen LogP contribution in [0.1, 0.15) is 21.6 Å². The number of nitrogens with one attached hydrogen (secondary N) is 1. The van der Waals surface area contributed by atoms with Gasteiger partial charge in [0.1, 0.15) is 19.3 Å². The Morgan fingerprint density at radius 2 is 2.19 bits per heavy atom. The average molecular weight is 354 g/mol. The first-order valence-electron chi connectivity index (χ1n) is 7.96. The lowest BCUT2D eigenvalue weighted by molar-refractivity contribution is 0.0951. The summed E-state index contributed by atoms with van der Waals surface area (Å²) in [4.78, 5) is 20.3. The monoisotopic (exact) mass is 354 g/mol. The Balaban J connectivity index is 1.54. The molecule has 0 aliphatic rings. The van der Waals surface area contributed by atoms with Gasteiger partial charge in [-0.3, -0.25) is 4.79 Å². The van der Waals surface area contributed by atoms with E-state index in [-0.39, 0.29) is 12.5 Å². The number of amides is 1. The first-order valence-corrected chi connectivity index (χ1v) is 7.96. The Hall–Kier alpha value is -3.40. The van der Waals surface area contributed by atoms with Crippen LogP contribution in [-0.4, -0.2) is 42.6 Å². The highest BCUT2D eigenvalue weighted by molar-refractivity contribution is 5.94. The molecule has 134 valence electrons. The molecule has 0 saturated carbocycles. The van der Waals surface area contributed by atoms with Gasteiger partial charge in [-0.25, -0.2) is 14.6 Å². The van der Waals surface area contributed by atoms with Crippen molar-refractivity contribution in [3.63, 3.8) is 0 Å². The molecule has 0 fully saturated rings. The molecule has 1 amide bonds. The van der Waals surface area contributed by atoms with E-state index in [9.17, 15) is 4.79 Å². The van der Waals surface area contributed by atoms with Gasteiger partial charge in [0.2, 0.25) is 5.88 Å². The lowest BCUT2D eigenvalue weighted by Crippen LogP contribution is -2.27. The third kappa shape index (κ3) is 4.80. The van der Waals surface area contributed by atoms with Crippen LogP contribution in [0.5, 0.6) is 5.88 Å². The topological polar surface area (TPSA) is 134 Å². The van der Waals surface area contributed by atoms with E-state index in [1.54, 1.807) is 28.9 Å². The third-order valence-corrected chi connectivity index (χ3v) is 3.50. The number of carbonyl (C=O) groups is 1. The Bertz CT molecular complexity index is 853. The fraction of sp³-hybridized carbons (Fsp3) is 0.250. The molecule has 0 spiro atoms. The number of nitrogens with two attached hydrogens (primary N) is 1. The van der Waals surface area contributed by atoms with Crippen LogP contribution in [0.4, 0.5) is 0 Å². The van der Waals surface area contributed by atoms with Crippen molar-refractivity contribution in [2.45, 2.75) is 19.7 Å². The molecule has 10 nitrogen and oxygen atoms in total. The first-order chi connectivity index (χ1) is 12.7. The summed E-state index contributed by atoms with van der Waals surface area (Å²) in [6.45, 7) is 1.53. The van der Waals surface area contributed by atoms with Crippen molar-refractivity contribution in [1.82, 2.24) is 35.5 Å². The Kier molecular flexibility index (Phi) is 5.78. The molecule has 26 heavy (non-hydrogen) atoms. The molecule has 3 rings (SSSR count). The van der Waals surface area contributed by atoms with Gasteiger partial charge in [0.15, 0.2) is 0 Å². The summed E-state index contributed by atoms with van der Waals surface area (Å²) < 4.78 is 7.18. The van der Waals surface area contributed by atoms with Crippen molar-refractivity contribution >= 4 is 5.91 Å². The summed E-state index contributed by atoms with van der Waals surface area (Å²) in [6, 6.07) is 8.89. The average Bonchev–Trinajstić information content (AvgIpc) is 3.20. The summed E-state index contributed by atoms with van der Waals surface area (Å²) in [5.74, 6) is 0.268. The highest BCUT2D eigenvalue weighted by Gasteiger charge is 2.07. The van der Waals surface area contributed by atoms with Crippen LogP contribution < -0.4 is 15.8 Å². The predicted octanol–water partition coefficient (Wildman–Crippen LogP) is -0.0692. The number of tetrazole rings is 1. The highest BCUT2D eigenvalue weighted by Crippen LogP contribution is 2.11. The van der Waals surface area contributed by atoms with Gasteiger partial charge >= 0.3 is 0 Å². The van der Waals surface area contributed by atoms with Crippen molar-refractivity contribution in [2.24, 2.45) is 5.73 Å². The van der Waals surface area contributed by atoms with E-state index in [0.29, 0.717) is 36.8 Å². The van der Waals surface area contributed by atoms with Crippen LogP contribution in [-0.2, 0) is 19.7 Å². The van der Waals surface area contributed by atoms with E-state index in [1.165, 1.54) is 12.7 Å². The molecule has 0 atom stereocenters. The second kappa shape index (κ2) is 8.62. The van der Waals surface area contributed by atoms with E-state index in [2.05, 4.69) is 30.8 Å². The minimum atomic E-state index is -0.174. The molecule has 10 heteroatoms. The third-order valence-electron chi connectivity index (χ3n) is 3.50. The van der Waals surface area contributed by atoms with Crippen LogP contribution >= 0.6 is 0 Å². The van der Waals surface area contributed by atoms with Gasteiger partial charge in [0.05, 0.1) is 12.2 Å². The van der Waals surface area contributed by atoms with Crippen molar-refractivity contribution in [3.05, 3.63) is 59.8 Å². The predicted molar refractivity (Wildman–Crippen MR) is 90.8 cm³/mol. The number of benzene rings is 1. The Morgan fingerprint density at radius 3 is 3.00 bits per heavy atom. The van der Waals surface area contributed by atoms with Crippen LogP contribution in [0, 0.1) is 0 Å². The zero-order valence-corrected chi connectivity index (χ0v) is 13.9. The van der Waals surface area contributed by atoms with Crippen molar-refractivity contribution in [2.75, 3.05) is 6.54 Å². The standard InChI is InChI=1S/C16H18N8O2/c17-8-14-7-15(20-10-19-14)26-9-12-2-1-3-13(6-12)16(25)18-4-5-24-11-21-22-23-24/h1-3,6-7,10-11H,4-5,8-9,17H2,(H,18,25). The second-order valence-corrected chi connectivity index (χ2v) is 5.37. The number of rotatable bonds is 8. The summed E-state index contributed by atoms with van der Waals surface area (Å²) in [6.07, 6.45) is 2.90. The number of carbonyl (C=O) groups excluding carboxylic acids is 1. The van der Waals surface area contributed by atoms with Crippen LogP contribution in [0.2, 0.25) is 0 Å². The molecule has 3 aromatic rings. The number of hydrogen-bond acceptors (Lipinski definition) is 8. The highest BCUT2D eigenvalue weighted by atomic mass is 16.5. The summed E-state index contributed by atoms with van der Waals surface area (Å²) >= 11 is 0. The summed E-state index contributed by atoms with van der Waals surface area (Å²) in [5, 5.41) is 13.6. The molecule has 2 aromatic heterocycles. The fourth-order valence-corrected chi connectivity index (χ4v) is 2.20. The minimum Gasteiger partial charge on any atom is -0.473 e. The van der Waals surface area contributed by atoms with Gasteiger partial charge in [-0.05, 0) is 28.1 Å². The molecule has 0 aliphatic carbocycles. The molecule has 0 saturated heterocycles. The summed E-state index contributed by atoms with van der Waals surface area (Å²) in [7, 11) is 0. The van der Waals surface area contributed by atoms with Crippen molar-refractivity contribution < 1.29 is 9.53 Å². The van der Waals surface area contributed by atoms with E-state index in [1.807, 2.05) is 6.07 Å². The molecule has 0 unspecified atom stereocenters. The van der Waals surface area contributed by atoms with Crippen LogP contribution in [0.15, 0.2) is 43.0 Å². The second-order valence-electron chi connectivity index (χ2n) is 5.37. The number of nitrogens with zero attached hydrogens (tertiary/aromatic N) is 6. The smallest absolute Gasteiger partial charge is 0.251 e. The van der Waals surface area contributed by atoms with Gasteiger partial charge in [-0.2, -0.15) is 0 Å². The zero-order chi connectivity index (χ0) is 18.2. The van der Waals surface area contributed by atoms with Gasteiger partial charge < -0.3 is 15.8 Å². The van der Waals surface area contributed by atoms with Gasteiger partial charge in [-0.1, -0.05) is 12.1 Å². The minimum absolute atomic E-state index is 0.174. The largest absolute Gasteiger partial charge is 0.473 e. The molecule has 2 heterocycles. The Labute approximate surface area is 149 Å². The van der Waals surface area contributed by atoms with Gasteiger partial charge in [-0.15, -0.1) is 5.10 Å². The van der Waals surface area contributed by atoms with E-state index < -0.39 is 0 Å². The fourth-order valence-electron chi connectivity index (χ4n) is 2.20. The number of ether oxygens (including phenoxy) is 1. The number of hydrogen-bond donors (Lipinski definition) is 2. The molecule has 0 aliphatic heterocycles. The number of aromatic nitrogens is 6. The van der Waals surface area contributed by atoms with Crippen LogP contribution in [0.25, 0.3) is 0 Å². The lowest BCUT2D eigenvalue weighted by Gasteiger charge is -2.08. The van der Waals surface area contributed by atoms with E-state index >= 15 is 0 Å². The molecular formula is C16H18N8O2. The normalized spacial score (nSPS) is 10.5. The Morgan fingerprint density at radius 1 is 1.27 bits per heavy atom.